The lowest BCUT2D eigenvalue weighted by Gasteiger charge is -2.31. The van der Waals surface area contributed by atoms with Crippen molar-refractivity contribution in [2.45, 2.75) is 51.6 Å². The molecule has 2 heteroatoms. The van der Waals surface area contributed by atoms with Crippen molar-refractivity contribution in [3.05, 3.63) is 29.8 Å². The molecule has 2 unspecified atom stereocenters. The van der Waals surface area contributed by atoms with Crippen LogP contribution < -0.4 is 10.5 Å². The van der Waals surface area contributed by atoms with Crippen LogP contribution in [0.2, 0.25) is 0 Å². The molecule has 2 nitrogen and oxygen atoms in total. The summed E-state index contributed by atoms with van der Waals surface area (Å²) in [5, 5.41) is 0. The van der Waals surface area contributed by atoms with Crippen molar-refractivity contribution in [2.24, 2.45) is 11.7 Å². The Morgan fingerprint density at radius 2 is 1.83 bits per heavy atom. The van der Waals surface area contributed by atoms with Gasteiger partial charge in [0, 0.05) is 0 Å². The van der Waals surface area contributed by atoms with E-state index in [0.717, 1.165) is 12.3 Å². The summed E-state index contributed by atoms with van der Waals surface area (Å²) in [7, 11) is 0. The van der Waals surface area contributed by atoms with Crippen molar-refractivity contribution in [3.8, 4) is 5.75 Å². The molecule has 0 amide bonds. The molecule has 2 N–H and O–H groups in total. The van der Waals surface area contributed by atoms with E-state index >= 15 is 0 Å². The maximum Gasteiger partial charge on any atom is 0.119 e. The zero-order valence-corrected chi connectivity index (χ0v) is 11.6. The minimum atomic E-state index is 0.238. The maximum atomic E-state index is 5.90. The summed E-state index contributed by atoms with van der Waals surface area (Å²) in [6.07, 6.45) is 5.48. The van der Waals surface area contributed by atoms with Gasteiger partial charge in [0.2, 0.25) is 0 Å². The van der Waals surface area contributed by atoms with Crippen LogP contribution in [0.25, 0.3) is 0 Å². The molecular weight excluding hydrogens is 222 g/mol. The monoisotopic (exact) mass is 247 g/mol. The van der Waals surface area contributed by atoms with E-state index in [0.29, 0.717) is 11.8 Å². The fourth-order valence-corrected chi connectivity index (χ4v) is 2.99. The van der Waals surface area contributed by atoms with Gasteiger partial charge in [0.05, 0.1) is 6.10 Å². The molecule has 1 fully saturated rings. The van der Waals surface area contributed by atoms with Gasteiger partial charge in [-0.3, -0.25) is 0 Å². The Hall–Kier alpha value is -1.02. The van der Waals surface area contributed by atoms with E-state index in [1.54, 1.807) is 0 Å². The molecule has 0 radical (unpaired) electrons. The average Bonchev–Trinajstić information content (AvgIpc) is 2.39. The van der Waals surface area contributed by atoms with E-state index in [-0.39, 0.29) is 6.10 Å². The zero-order chi connectivity index (χ0) is 13.0. The standard InChI is InChI=1S/C16H25NO/c1-12(2)18-15-9-7-13(8-10-15)16-6-4-3-5-14(16)11-17/h7-10,12,14,16H,3-6,11,17H2,1-2H3. The van der Waals surface area contributed by atoms with Gasteiger partial charge in [-0.15, -0.1) is 0 Å². The van der Waals surface area contributed by atoms with Crippen molar-refractivity contribution in [3.63, 3.8) is 0 Å². The lowest BCUT2D eigenvalue weighted by atomic mass is 9.75. The summed E-state index contributed by atoms with van der Waals surface area (Å²) < 4.78 is 5.68. The largest absolute Gasteiger partial charge is 0.491 e. The van der Waals surface area contributed by atoms with E-state index in [4.69, 9.17) is 10.5 Å². The van der Waals surface area contributed by atoms with Crippen LogP contribution in [0.3, 0.4) is 0 Å². The second kappa shape index (κ2) is 6.24. The molecule has 0 spiro atoms. The van der Waals surface area contributed by atoms with Crippen molar-refractivity contribution in [1.82, 2.24) is 0 Å². The molecule has 2 rings (SSSR count). The first kappa shape index (κ1) is 13.4. The highest BCUT2D eigenvalue weighted by Crippen LogP contribution is 2.37. The van der Waals surface area contributed by atoms with Crippen molar-refractivity contribution >= 4 is 0 Å². The molecule has 1 saturated carbocycles. The molecule has 0 heterocycles. The summed E-state index contributed by atoms with van der Waals surface area (Å²) in [4.78, 5) is 0. The molecular formula is C16H25NO. The van der Waals surface area contributed by atoms with Crippen LogP contribution in [0.15, 0.2) is 24.3 Å². The average molecular weight is 247 g/mol. The lowest BCUT2D eigenvalue weighted by Crippen LogP contribution is -2.25. The van der Waals surface area contributed by atoms with Gasteiger partial charge in [-0.2, -0.15) is 0 Å². The summed E-state index contributed by atoms with van der Waals surface area (Å²) >= 11 is 0. The van der Waals surface area contributed by atoms with Crippen LogP contribution >= 0.6 is 0 Å². The molecule has 1 aromatic carbocycles. The second-order valence-corrected chi connectivity index (χ2v) is 5.62. The number of rotatable bonds is 4. The minimum absolute atomic E-state index is 0.238. The van der Waals surface area contributed by atoms with Crippen LogP contribution in [0.5, 0.6) is 5.75 Å². The first-order valence-corrected chi connectivity index (χ1v) is 7.17. The molecule has 2 atom stereocenters. The molecule has 0 aromatic heterocycles. The summed E-state index contributed by atoms with van der Waals surface area (Å²) in [5.41, 5.74) is 7.33. The van der Waals surface area contributed by atoms with E-state index in [1.807, 2.05) is 0 Å². The zero-order valence-electron chi connectivity index (χ0n) is 11.6. The molecule has 1 aliphatic carbocycles. The Morgan fingerprint density at radius 1 is 1.17 bits per heavy atom. The Kier molecular flexibility index (Phi) is 4.65. The third-order valence-corrected chi connectivity index (χ3v) is 3.89. The number of hydrogen-bond donors (Lipinski definition) is 1. The molecule has 18 heavy (non-hydrogen) atoms. The van der Waals surface area contributed by atoms with Gasteiger partial charge in [0.15, 0.2) is 0 Å². The fraction of sp³-hybridized carbons (Fsp3) is 0.625. The van der Waals surface area contributed by atoms with Gasteiger partial charge in [-0.1, -0.05) is 25.0 Å². The topological polar surface area (TPSA) is 35.2 Å². The van der Waals surface area contributed by atoms with Crippen LogP contribution in [-0.2, 0) is 0 Å². The van der Waals surface area contributed by atoms with Gasteiger partial charge in [0.1, 0.15) is 5.75 Å². The SMILES string of the molecule is CC(C)Oc1ccc(C2CCCCC2CN)cc1. The fourth-order valence-electron chi connectivity index (χ4n) is 2.99. The van der Waals surface area contributed by atoms with Crippen LogP contribution in [-0.4, -0.2) is 12.6 Å². The second-order valence-electron chi connectivity index (χ2n) is 5.62. The van der Waals surface area contributed by atoms with Crippen molar-refractivity contribution < 1.29 is 4.74 Å². The number of ether oxygens (including phenoxy) is 1. The smallest absolute Gasteiger partial charge is 0.119 e. The van der Waals surface area contributed by atoms with Gasteiger partial charge >= 0.3 is 0 Å². The third kappa shape index (κ3) is 3.26. The molecule has 0 bridgehead atoms. The first-order valence-electron chi connectivity index (χ1n) is 7.17. The van der Waals surface area contributed by atoms with Crippen LogP contribution in [0.1, 0.15) is 51.0 Å². The maximum absolute atomic E-state index is 5.90. The summed E-state index contributed by atoms with van der Waals surface area (Å²) in [6, 6.07) is 8.63. The van der Waals surface area contributed by atoms with E-state index in [9.17, 15) is 0 Å². The Labute approximate surface area is 111 Å². The predicted octanol–water partition coefficient (Wildman–Crippen LogP) is 3.71. The lowest BCUT2D eigenvalue weighted by molar-refractivity contribution is 0.242. The Morgan fingerprint density at radius 3 is 2.44 bits per heavy atom. The van der Waals surface area contributed by atoms with Crippen LogP contribution in [0.4, 0.5) is 0 Å². The quantitative estimate of drug-likeness (QED) is 0.880. The highest BCUT2D eigenvalue weighted by atomic mass is 16.5. The number of benzene rings is 1. The van der Waals surface area contributed by atoms with Crippen molar-refractivity contribution in [1.29, 1.82) is 0 Å². The summed E-state index contributed by atoms with van der Waals surface area (Å²) in [6.45, 7) is 4.92. The van der Waals surface area contributed by atoms with E-state index in [1.165, 1.54) is 31.2 Å². The predicted molar refractivity (Wildman–Crippen MR) is 76.0 cm³/mol. The van der Waals surface area contributed by atoms with Gasteiger partial charge in [-0.05, 0) is 62.8 Å². The highest BCUT2D eigenvalue weighted by Gasteiger charge is 2.25. The molecule has 100 valence electrons. The van der Waals surface area contributed by atoms with Crippen LogP contribution in [0, 0.1) is 5.92 Å². The van der Waals surface area contributed by atoms with Gasteiger partial charge in [0.25, 0.3) is 0 Å². The summed E-state index contributed by atoms with van der Waals surface area (Å²) in [5.74, 6) is 2.28. The highest BCUT2D eigenvalue weighted by molar-refractivity contribution is 5.30. The van der Waals surface area contributed by atoms with E-state index < -0.39 is 0 Å². The third-order valence-electron chi connectivity index (χ3n) is 3.89. The molecule has 1 aromatic rings. The first-order chi connectivity index (χ1) is 8.70. The van der Waals surface area contributed by atoms with E-state index in [2.05, 4.69) is 38.1 Å². The Bertz CT molecular complexity index is 358. The van der Waals surface area contributed by atoms with Gasteiger partial charge < -0.3 is 10.5 Å². The molecule has 0 saturated heterocycles. The number of hydrogen-bond acceptors (Lipinski definition) is 2. The Balaban J connectivity index is 2.07. The normalized spacial score (nSPS) is 24.2. The minimum Gasteiger partial charge on any atom is -0.491 e. The molecule has 0 aliphatic heterocycles. The van der Waals surface area contributed by atoms with Gasteiger partial charge in [-0.25, -0.2) is 0 Å². The molecule has 1 aliphatic rings. The number of nitrogens with two attached hydrogens (primary N) is 1. The van der Waals surface area contributed by atoms with Crippen molar-refractivity contribution in [2.75, 3.05) is 6.54 Å².